The standard InChI is InChI=1S/C28H32N4O3/c1-21-18-30(20-24-11-9-23(10-12-24)13-14-27(33)35-3)19-22(2)32(21)28(34)29-25-7-6-8-26(17-25)31-15-4-5-16-31/h4-17,21-22H,18-20H2,1-3H3,(H,29,34)/t21-,22+. The molecule has 2 aromatic carbocycles. The maximum absolute atomic E-state index is 13.2. The number of aromatic nitrogens is 1. The second kappa shape index (κ2) is 11.1. The summed E-state index contributed by atoms with van der Waals surface area (Å²) in [6.45, 7) is 6.60. The van der Waals surface area contributed by atoms with Crippen LogP contribution in [-0.4, -0.2) is 58.7 Å². The van der Waals surface area contributed by atoms with Crippen molar-refractivity contribution in [3.8, 4) is 5.69 Å². The second-order valence-corrected chi connectivity index (χ2v) is 8.97. The maximum Gasteiger partial charge on any atom is 0.330 e. The molecule has 2 amide bonds. The smallest absolute Gasteiger partial charge is 0.330 e. The molecule has 1 aliphatic heterocycles. The zero-order valence-corrected chi connectivity index (χ0v) is 20.4. The summed E-state index contributed by atoms with van der Waals surface area (Å²) < 4.78 is 6.65. The number of ether oxygens (including phenoxy) is 1. The lowest BCUT2D eigenvalue weighted by molar-refractivity contribution is -0.134. The van der Waals surface area contributed by atoms with Crippen molar-refractivity contribution < 1.29 is 14.3 Å². The molecule has 0 aliphatic carbocycles. The van der Waals surface area contributed by atoms with E-state index in [2.05, 4.69) is 40.9 Å². The van der Waals surface area contributed by atoms with Crippen LogP contribution in [0, 0.1) is 0 Å². The van der Waals surface area contributed by atoms with Crippen molar-refractivity contribution in [2.45, 2.75) is 32.5 Å². The first-order valence-electron chi connectivity index (χ1n) is 11.8. The third kappa shape index (κ3) is 6.19. The van der Waals surface area contributed by atoms with Crippen LogP contribution in [0.1, 0.15) is 25.0 Å². The number of nitrogens with zero attached hydrogens (tertiary/aromatic N) is 3. The Morgan fingerprint density at radius 2 is 1.69 bits per heavy atom. The van der Waals surface area contributed by atoms with Crippen molar-refractivity contribution in [2.75, 3.05) is 25.5 Å². The molecule has 0 bridgehead atoms. The van der Waals surface area contributed by atoms with Crippen molar-refractivity contribution in [1.82, 2.24) is 14.4 Å². The number of amides is 2. The summed E-state index contributed by atoms with van der Waals surface area (Å²) in [5, 5.41) is 3.09. The highest BCUT2D eigenvalue weighted by atomic mass is 16.5. The van der Waals surface area contributed by atoms with Gasteiger partial charge < -0.3 is 19.5 Å². The lowest BCUT2D eigenvalue weighted by Crippen LogP contribution is -2.59. The monoisotopic (exact) mass is 472 g/mol. The van der Waals surface area contributed by atoms with Crippen molar-refractivity contribution in [3.63, 3.8) is 0 Å². The predicted molar refractivity (Wildman–Crippen MR) is 138 cm³/mol. The zero-order chi connectivity index (χ0) is 24.8. The minimum Gasteiger partial charge on any atom is -0.466 e. The molecule has 1 aromatic heterocycles. The van der Waals surface area contributed by atoms with Crippen molar-refractivity contribution >= 4 is 23.8 Å². The molecule has 7 nitrogen and oxygen atoms in total. The number of rotatable bonds is 6. The summed E-state index contributed by atoms with van der Waals surface area (Å²) >= 11 is 0. The van der Waals surface area contributed by atoms with Gasteiger partial charge in [-0.05, 0) is 61.4 Å². The highest BCUT2D eigenvalue weighted by Crippen LogP contribution is 2.21. The fraction of sp³-hybridized carbons (Fsp3) is 0.286. The first-order chi connectivity index (χ1) is 16.9. The molecule has 7 heteroatoms. The van der Waals surface area contributed by atoms with Crippen LogP contribution in [0.2, 0.25) is 0 Å². The van der Waals surface area contributed by atoms with Gasteiger partial charge >= 0.3 is 12.0 Å². The highest BCUT2D eigenvalue weighted by molar-refractivity contribution is 5.90. The summed E-state index contributed by atoms with van der Waals surface area (Å²) in [6, 6.07) is 20.0. The lowest BCUT2D eigenvalue weighted by atomic mass is 10.1. The van der Waals surface area contributed by atoms with E-state index in [-0.39, 0.29) is 24.1 Å². The van der Waals surface area contributed by atoms with Crippen LogP contribution in [0.3, 0.4) is 0 Å². The molecule has 0 spiro atoms. The molecule has 0 radical (unpaired) electrons. The molecule has 182 valence electrons. The molecule has 0 unspecified atom stereocenters. The Morgan fingerprint density at radius 3 is 2.34 bits per heavy atom. The zero-order valence-electron chi connectivity index (χ0n) is 20.4. The molecule has 35 heavy (non-hydrogen) atoms. The van der Waals surface area contributed by atoms with Crippen LogP contribution < -0.4 is 5.32 Å². The van der Waals surface area contributed by atoms with Gasteiger partial charge in [-0.15, -0.1) is 0 Å². The van der Waals surface area contributed by atoms with Gasteiger partial charge in [0.05, 0.1) is 7.11 Å². The van der Waals surface area contributed by atoms with Crippen LogP contribution in [0.25, 0.3) is 11.8 Å². The number of hydrogen-bond acceptors (Lipinski definition) is 4. The van der Waals surface area contributed by atoms with Gasteiger partial charge in [-0.2, -0.15) is 0 Å². The Bertz CT molecular complexity index is 1160. The molecule has 1 fully saturated rings. The largest absolute Gasteiger partial charge is 0.466 e. The van der Waals surface area contributed by atoms with E-state index in [9.17, 15) is 9.59 Å². The number of carbonyl (C=O) groups excluding carboxylic acids is 2. The number of carbonyl (C=O) groups is 2. The van der Waals surface area contributed by atoms with E-state index >= 15 is 0 Å². The van der Waals surface area contributed by atoms with Gasteiger partial charge in [0.1, 0.15) is 0 Å². The fourth-order valence-electron chi connectivity index (χ4n) is 4.63. The van der Waals surface area contributed by atoms with Gasteiger partial charge in [0.25, 0.3) is 0 Å². The molecule has 0 saturated carbocycles. The number of nitrogens with one attached hydrogen (secondary N) is 1. The molecular formula is C28H32N4O3. The number of urea groups is 1. The molecule has 1 aliphatic rings. The number of hydrogen-bond donors (Lipinski definition) is 1. The van der Waals surface area contributed by atoms with Crippen LogP contribution >= 0.6 is 0 Å². The van der Waals surface area contributed by atoms with Gasteiger partial charge in [0.2, 0.25) is 0 Å². The normalized spacial score (nSPS) is 18.5. The number of methoxy groups -OCH3 is 1. The van der Waals surface area contributed by atoms with E-state index in [0.717, 1.165) is 36.6 Å². The van der Waals surface area contributed by atoms with Crippen LogP contribution in [0.15, 0.2) is 79.1 Å². The third-order valence-electron chi connectivity index (χ3n) is 6.23. The Kier molecular flexibility index (Phi) is 7.67. The Morgan fingerprint density at radius 1 is 1.00 bits per heavy atom. The van der Waals surface area contributed by atoms with Crippen molar-refractivity contribution in [3.05, 3.63) is 90.3 Å². The van der Waals surface area contributed by atoms with Gasteiger partial charge in [-0.25, -0.2) is 9.59 Å². The number of anilines is 1. The number of esters is 1. The SMILES string of the molecule is COC(=O)C=Cc1ccc(CN2C[C@@H](C)N(C(=O)Nc3cccc(-n4cccc4)c3)[C@@H](C)C2)cc1. The van der Waals surface area contributed by atoms with Crippen LogP contribution in [-0.2, 0) is 16.1 Å². The Labute approximate surface area is 206 Å². The van der Waals surface area contributed by atoms with Gasteiger partial charge in [0, 0.05) is 61.6 Å². The van der Waals surface area contributed by atoms with E-state index in [1.165, 1.54) is 18.7 Å². The number of piperazine rings is 1. The van der Waals surface area contributed by atoms with E-state index in [4.69, 9.17) is 0 Å². The number of benzene rings is 2. The first kappa shape index (κ1) is 24.3. The molecule has 1 N–H and O–H groups in total. The molecule has 2 heterocycles. The lowest BCUT2D eigenvalue weighted by Gasteiger charge is -2.44. The molecule has 3 aromatic rings. The average Bonchev–Trinajstić information content (AvgIpc) is 3.38. The molecular weight excluding hydrogens is 440 g/mol. The summed E-state index contributed by atoms with van der Waals surface area (Å²) in [4.78, 5) is 28.8. The predicted octanol–water partition coefficient (Wildman–Crippen LogP) is 4.79. The summed E-state index contributed by atoms with van der Waals surface area (Å²) in [7, 11) is 1.36. The van der Waals surface area contributed by atoms with E-state index in [0.29, 0.717) is 0 Å². The van der Waals surface area contributed by atoms with Crippen LogP contribution in [0.5, 0.6) is 0 Å². The first-order valence-corrected chi connectivity index (χ1v) is 11.8. The Balaban J connectivity index is 1.34. The summed E-state index contributed by atoms with van der Waals surface area (Å²) in [5.74, 6) is -0.368. The highest BCUT2D eigenvalue weighted by Gasteiger charge is 2.32. The maximum atomic E-state index is 13.2. The summed E-state index contributed by atoms with van der Waals surface area (Å²) in [6.07, 6.45) is 7.12. The topological polar surface area (TPSA) is 66.8 Å². The van der Waals surface area contributed by atoms with Crippen LogP contribution in [0.4, 0.5) is 10.5 Å². The van der Waals surface area contributed by atoms with Crippen molar-refractivity contribution in [1.29, 1.82) is 0 Å². The molecule has 4 rings (SSSR count). The molecule has 1 saturated heterocycles. The van der Waals surface area contributed by atoms with E-state index in [1.807, 2.05) is 70.4 Å². The minimum absolute atomic E-state index is 0.0731. The van der Waals surface area contributed by atoms with Gasteiger partial charge in [-0.3, -0.25) is 4.90 Å². The van der Waals surface area contributed by atoms with E-state index in [1.54, 1.807) is 6.08 Å². The third-order valence-corrected chi connectivity index (χ3v) is 6.23. The fourth-order valence-corrected chi connectivity index (χ4v) is 4.63. The van der Waals surface area contributed by atoms with Gasteiger partial charge in [0.15, 0.2) is 0 Å². The summed E-state index contributed by atoms with van der Waals surface area (Å²) in [5.41, 5.74) is 3.93. The van der Waals surface area contributed by atoms with E-state index < -0.39 is 0 Å². The average molecular weight is 473 g/mol. The quantitative estimate of drug-likeness (QED) is 0.414. The minimum atomic E-state index is -0.368. The second-order valence-electron chi connectivity index (χ2n) is 8.97. The Hall–Kier alpha value is -3.84. The van der Waals surface area contributed by atoms with Crippen molar-refractivity contribution in [2.24, 2.45) is 0 Å². The molecule has 2 atom stereocenters. The van der Waals surface area contributed by atoms with Gasteiger partial charge in [-0.1, -0.05) is 30.3 Å².